The van der Waals surface area contributed by atoms with Gasteiger partial charge in [0.15, 0.2) is 5.78 Å². The number of piperidine rings is 1. The Kier molecular flexibility index (Phi) is 6.53. The van der Waals surface area contributed by atoms with Gasteiger partial charge in [0.25, 0.3) is 0 Å². The van der Waals surface area contributed by atoms with Crippen molar-refractivity contribution in [2.75, 3.05) is 19.6 Å². The molecule has 0 spiro atoms. The van der Waals surface area contributed by atoms with E-state index < -0.39 is 0 Å². The van der Waals surface area contributed by atoms with Crippen molar-refractivity contribution in [3.63, 3.8) is 0 Å². The van der Waals surface area contributed by atoms with E-state index in [4.69, 9.17) is 0 Å². The zero-order valence-corrected chi connectivity index (χ0v) is 12.6. The summed E-state index contributed by atoms with van der Waals surface area (Å²) in [5.74, 6) is 0.381. The Labute approximate surface area is 124 Å². The van der Waals surface area contributed by atoms with Gasteiger partial charge in [-0.3, -0.25) is 4.79 Å². The summed E-state index contributed by atoms with van der Waals surface area (Å²) in [5.41, 5.74) is 2.06. The molecular formula is C16H24ClNO. The molecule has 1 saturated heterocycles. The van der Waals surface area contributed by atoms with Crippen molar-refractivity contribution in [3.05, 3.63) is 35.4 Å². The lowest BCUT2D eigenvalue weighted by molar-refractivity contribution is -0.0000118. The van der Waals surface area contributed by atoms with Crippen molar-refractivity contribution in [2.24, 2.45) is 5.92 Å². The van der Waals surface area contributed by atoms with Crippen LogP contribution in [-0.4, -0.2) is 30.3 Å². The summed E-state index contributed by atoms with van der Waals surface area (Å²) < 4.78 is 0. The summed E-state index contributed by atoms with van der Waals surface area (Å²) in [6, 6.07) is 7.93. The van der Waals surface area contributed by atoms with E-state index in [0.29, 0.717) is 0 Å². The number of hydrogen-bond acceptors (Lipinski definition) is 2. The molecule has 1 aliphatic rings. The van der Waals surface area contributed by atoms with E-state index in [1.807, 2.05) is 31.2 Å². The predicted octanol–water partition coefficient (Wildman–Crippen LogP) is 0.416. The van der Waals surface area contributed by atoms with Gasteiger partial charge >= 0.3 is 1.43 Å². The normalized spacial score (nSPS) is 17.6. The van der Waals surface area contributed by atoms with E-state index in [1.54, 1.807) is 0 Å². The first kappa shape index (κ1) is 16.2. The van der Waals surface area contributed by atoms with E-state index in [1.165, 1.54) is 24.8 Å². The number of rotatable bonds is 4. The standard InChI is InChI=1S/C16H23NO.ClH/c1-13-6-8-15(9-7-13)16(18)14(2)12-17-10-4-3-5-11-17;/h6-9,14H,3-5,10-12H2,1-2H3;1H. The molecule has 0 saturated carbocycles. The summed E-state index contributed by atoms with van der Waals surface area (Å²) >= 11 is 0. The molecule has 2 nitrogen and oxygen atoms in total. The lowest BCUT2D eigenvalue weighted by Gasteiger charge is -2.28. The van der Waals surface area contributed by atoms with Crippen molar-refractivity contribution >= 4 is 5.78 Å². The third kappa shape index (κ3) is 4.63. The van der Waals surface area contributed by atoms with E-state index in [0.717, 1.165) is 25.2 Å². The number of nitrogens with zero attached hydrogens (tertiary/aromatic N) is 1. The Morgan fingerprint density at radius 2 is 1.79 bits per heavy atom. The SMILES string of the molecule is Cc1ccc(C(=O)C(C)CN2CCCCC2)cc1.[Cl-].[H+]. The van der Waals surface area contributed by atoms with Gasteiger partial charge in [0, 0.05) is 18.0 Å². The molecule has 0 aliphatic carbocycles. The van der Waals surface area contributed by atoms with Gasteiger partial charge < -0.3 is 17.3 Å². The zero-order chi connectivity index (χ0) is 13.0. The molecule has 0 bridgehead atoms. The molecule has 2 rings (SSSR count). The third-order valence-corrected chi connectivity index (χ3v) is 3.76. The van der Waals surface area contributed by atoms with Crippen LogP contribution >= 0.6 is 0 Å². The third-order valence-electron chi connectivity index (χ3n) is 3.76. The summed E-state index contributed by atoms with van der Waals surface area (Å²) in [6.07, 6.45) is 3.91. The summed E-state index contributed by atoms with van der Waals surface area (Å²) in [6.45, 7) is 7.33. The molecule has 1 aliphatic heterocycles. The topological polar surface area (TPSA) is 20.3 Å². The van der Waals surface area contributed by atoms with Crippen molar-refractivity contribution in [1.82, 2.24) is 4.90 Å². The fourth-order valence-corrected chi connectivity index (χ4v) is 2.61. The number of carbonyl (C=O) groups is 1. The minimum Gasteiger partial charge on any atom is -1.00 e. The van der Waals surface area contributed by atoms with Gasteiger partial charge in [-0.25, -0.2) is 0 Å². The highest BCUT2D eigenvalue weighted by Crippen LogP contribution is 2.15. The second kappa shape index (κ2) is 7.66. The van der Waals surface area contributed by atoms with Crippen LogP contribution in [0.15, 0.2) is 24.3 Å². The van der Waals surface area contributed by atoms with Crippen LogP contribution in [0.4, 0.5) is 0 Å². The monoisotopic (exact) mass is 281 g/mol. The van der Waals surface area contributed by atoms with Gasteiger partial charge in [0.2, 0.25) is 0 Å². The summed E-state index contributed by atoms with van der Waals surface area (Å²) in [7, 11) is 0. The Bertz CT molecular complexity index is 401. The molecule has 1 atom stereocenters. The minimum absolute atomic E-state index is 0. The van der Waals surface area contributed by atoms with Crippen LogP contribution in [0.5, 0.6) is 0 Å². The first-order chi connectivity index (χ1) is 8.66. The number of ketones is 1. The van der Waals surface area contributed by atoms with Crippen LogP contribution in [0.25, 0.3) is 0 Å². The number of hydrogen-bond donors (Lipinski definition) is 0. The molecule has 1 aromatic rings. The van der Waals surface area contributed by atoms with Gasteiger partial charge in [-0.15, -0.1) is 0 Å². The molecule has 106 valence electrons. The molecule has 0 amide bonds. The van der Waals surface area contributed by atoms with Crippen LogP contribution in [0.3, 0.4) is 0 Å². The van der Waals surface area contributed by atoms with E-state index in [9.17, 15) is 4.79 Å². The number of Topliss-reactive ketones (excluding diaryl/α,β-unsaturated/α-hetero) is 1. The number of benzene rings is 1. The lowest BCUT2D eigenvalue weighted by atomic mass is 9.97. The maximum Gasteiger partial charge on any atom is 1.00 e. The number of aryl methyl sites for hydroxylation is 1. The maximum atomic E-state index is 12.3. The van der Waals surface area contributed by atoms with Gasteiger partial charge in [0.1, 0.15) is 0 Å². The second-order valence-corrected chi connectivity index (χ2v) is 5.49. The van der Waals surface area contributed by atoms with Crippen molar-refractivity contribution in [1.29, 1.82) is 0 Å². The molecule has 19 heavy (non-hydrogen) atoms. The quantitative estimate of drug-likeness (QED) is 0.746. The fourth-order valence-electron chi connectivity index (χ4n) is 2.61. The predicted molar refractivity (Wildman–Crippen MR) is 76.1 cm³/mol. The van der Waals surface area contributed by atoms with E-state index in [2.05, 4.69) is 11.8 Å². The smallest absolute Gasteiger partial charge is 1.00 e. The Hall–Kier alpha value is -0.860. The van der Waals surface area contributed by atoms with Gasteiger partial charge in [-0.1, -0.05) is 43.2 Å². The van der Waals surface area contributed by atoms with Crippen molar-refractivity contribution < 1.29 is 18.6 Å². The van der Waals surface area contributed by atoms with Gasteiger partial charge in [0.05, 0.1) is 0 Å². The molecule has 0 radical (unpaired) electrons. The molecular weight excluding hydrogens is 258 g/mol. The minimum atomic E-state index is 0. The van der Waals surface area contributed by atoms with Crippen molar-refractivity contribution in [2.45, 2.75) is 33.1 Å². The Morgan fingerprint density at radius 1 is 1.21 bits per heavy atom. The van der Waals surface area contributed by atoms with Crippen LogP contribution < -0.4 is 12.4 Å². The van der Waals surface area contributed by atoms with Crippen LogP contribution in [0.1, 0.15) is 43.5 Å². The maximum absolute atomic E-state index is 12.3. The molecule has 1 aromatic carbocycles. The average molecular weight is 282 g/mol. The lowest BCUT2D eigenvalue weighted by Crippen LogP contribution is -3.00. The molecule has 0 aromatic heterocycles. The summed E-state index contributed by atoms with van der Waals surface area (Å²) in [5, 5.41) is 0. The largest absolute Gasteiger partial charge is 1.00 e. The fraction of sp³-hybridized carbons (Fsp3) is 0.562. The second-order valence-electron chi connectivity index (χ2n) is 5.49. The number of likely N-dealkylation sites (tertiary alicyclic amines) is 1. The van der Waals surface area contributed by atoms with Crippen LogP contribution in [0, 0.1) is 12.8 Å². The highest BCUT2D eigenvalue weighted by molar-refractivity contribution is 5.97. The Balaban J connectivity index is 0.00000180. The highest BCUT2D eigenvalue weighted by Gasteiger charge is 2.19. The zero-order valence-electron chi connectivity index (χ0n) is 12.9. The summed E-state index contributed by atoms with van der Waals surface area (Å²) in [4.78, 5) is 14.7. The number of carbonyl (C=O) groups excluding carboxylic acids is 1. The van der Waals surface area contributed by atoms with Gasteiger partial charge in [-0.05, 0) is 32.9 Å². The van der Waals surface area contributed by atoms with Crippen molar-refractivity contribution in [3.8, 4) is 0 Å². The molecule has 3 heteroatoms. The Morgan fingerprint density at radius 3 is 2.37 bits per heavy atom. The molecule has 1 fully saturated rings. The average Bonchev–Trinajstić information content (AvgIpc) is 2.40. The molecule has 1 unspecified atom stereocenters. The first-order valence-electron chi connectivity index (χ1n) is 7.00. The van der Waals surface area contributed by atoms with E-state index >= 15 is 0 Å². The number of halogens is 1. The molecule has 0 N–H and O–H groups in total. The van der Waals surface area contributed by atoms with Crippen LogP contribution in [0.2, 0.25) is 0 Å². The van der Waals surface area contributed by atoms with Gasteiger partial charge in [-0.2, -0.15) is 0 Å². The first-order valence-corrected chi connectivity index (χ1v) is 7.00. The van der Waals surface area contributed by atoms with E-state index in [-0.39, 0.29) is 25.5 Å². The molecule has 1 heterocycles. The highest BCUT2D eigenvalue weighted by atomic mass is 35.5. The van der Waals surface area contributed by atoms with Crippen LogP contribution in [-0.2, 0) is 0 Å².